The lowest BCUT2D eigenvalue weighted by molar-refractivity contribution is -0.137. The van der Waals surface area contributed by atoms with Gasteiger partial charge in [-0.25, -0.2) is 4.79 Å². The first-order chi connectivity index (χ1) is 11.4. The Hall–Kier alpha value is -2.37. The van der Waals surface area contributed by atoms with Crippen molar-refractivity contribution < 1.29 is 24.1 Å². The second-order valence-electron chi connectivity index (χ2n) is 4.99. The number of aromatic nitrogens is 2. The summed E-state index contributed by atoms with van der Waals surface area (Å²) in [5, 5.41) is 14.0. The maximum Gasteiger partial charge on any atom is 0.330 e. The topological polar surface area (TPSA) is 161 Å². The Kier molecular flexibility index (Phi) is 5.26. The van der Waals surface area contributed by atoms with Gasteiger partial charge in [0.15, 0.2) is 6.23 Å². The summed E-state index contributed by atoms with van der Waals surface area (Å²) in [5.74, 6) is -0.160. The van der Waals surface area contributed by atoms with Crippen LogP contribution in [0.1, 0.15) is 6.23 Å². The number of azide groups is 1. The molecule has 24 heavy (non-hydrogen) atoms. The van der Waals surface area contributed by atoms with Crippen LogP contribution < -0.4 is 16.0 Å². The van der Waals surface area contributed by atoms with Crippen LogP contribution in [0, 0.1) is 0 Å². The highest BCUT2D eigenvalue weighted by molar-refractivity contribution is 5.13. The molecule has 4 atom stereocenters. The summed E-state index contributed by atoms with van der Waals surface area (Å²) in [5.41, 5.74) is 5.54. The van der Waals surface area contributed by atoms with Gasteiger partial charge in [-0.1, -0.05) is 5.11 Å². The first-order valence-electron chi connectivity index (χ1n) is 6.77. The molecule has 1 aliphatic heterocycles. The van der Waals surface area contributed by atoms with E-state index < -0.39 is 35.4 Å². The summed E-state index contributed by atoms with van der Waals surface area (Å²) in [7, 11) is 3.88. The van der Waals surface area contributed by atoms with E-state index in [1.54, 1.807) is 0 Å². The highest BCUT2D eigenvalue weighted by Gasteiger charge is 2.56. The molecule has 0 aromatic carbocycles. The van der Waals surface area contributed by atoms with Crippen molar-refractivity contribution >= 4 is 0 Å². The summed E-state index contributed by atoms with van der Waals surface area (Å²) in [6.07, 6.45) is -2.71. The summed E-state index contributed by atoms with van der Waals surface area (Å²) >= 11 is 0. The fourth-order valence-corrected chi connectivity index (χ4v) is 2.62. The van der Waals surface area contributed by atoms with Gasteiger partial charge in [-0.15, -0.1) is 0 Å². The monoisotopic (exact) mass is 343 g/mol. The van der Waals surface area contributed by atoms with Crippen molar-refractivity contribution in [3.05, 3.63) is 37.5 Å². The molecule has 1 fully saturated rings. The number of H-pyrrole nitrogens is 1. The number of aliphatic hydroxyl groups excluding tert-OH is 1. The van der Waals surface area contributed by atoms with Crippen LogP contribution in [0.3, 0.4) is 0 Å². The van der Waals surface area contributed by atoms with Crippen molar-refractivity contribution in [3.63, 3.8) is 0 Å². The quantitative estimate of drug-likeness (QED) is 0.384. The molecule has 1 unspecified atom stereocenters. The van der Waals surface area contributed by atoms with E-state index in [0.717, 1.165) is 10.8 Å². The summed E-state index contributed by atoms with van der Waals surface area (Å²) < 4.78 is 21.6. The van der Waals surface area contributed by atoms with Gasteiger partial charge in [0.2, 0.25) is 11.5 Å². The highest BCUT2D eigenvalue weighted by Crippen LogP contribution is 2.39. The van der Waals surface area contributed by atoms with Crippen molar-refractivity contribution in [2.45, 2.75) is 24.2 Å². The molecule has 12 heteroatoms. The minimum absolute atomic E-state index is 0.160. The van der Waals surface area contributed by atoms with Crippen molar-refractivity contribution in [2.24, 2.45) is 5.11 Å². The molecule has 0 radical (unpaired) electrons. The molecule has 2 heterocycles. The Balaban J connectivity index is 2.55. The Labute approximate surface area is 135 Å². The van der Waals surface area contributed by atoms with E-state index in [9.17, 15) is 14.7 Å². The number of nitrogens with one attached hydrogen (secondary N) is 1. The molecule has 1 aromatic heterocycles. The van der Waals surface area contributed by atoms with E-state index in [1.165, 1.54) is 21.3 Å². The minimum Gasteiger partial charge on any atom is -0.490 e. The zero-order chi connectivity index (χ0) is 17.9. The Morgan fingerprint density at radius 3 is 2.75 bits per heavy atom. The molecule has 0 aliphatic carbocycles. The van der Waals surface area contributed by atoms with Crippen LogP contribution >= 0.6 is 0 Å². The molecule has 132 valence electrons. The number of aromatic amines is 1. The number of hydrogen-bond donors (Lipinski definition) is 2. The molecule has 2 rings (SSSR count). The van der Waals surface area contributed by atoms with Crippen LogP contribution in [-0.4, -0.2) is 60.5 Å². The van der Waals surface area contributed by atoms with Gasteiger partial charge in [0, 0.05) is 19.1 Å². The molecule has 1 aliphatic rings. The van der Waals surface area contributed by atoms with Crippen molar-refractivity contribution in [1.29, 1.82) is 0 Å². The predicted octanol–water partition coefficient (Wildman–Crippen LogP) is -0.897. The number of rotatable bonds is 6. The lowest BCUT2D eigenvalue weighted by Crippen LogP contribution is -2.46. The number of ether oxygens (including phenoxy) is 4. The average molecular weight is 343 g/mol. The lowest BCUT2D eigenvalue weighted by atomic mass is 10.1. The minimum atomic E-state index is -1.69. The molecule has 0 spiro atoms. The SMILES string of the molecule is COC[C@@]1(N=[N+]=[N-])O[C@@H](n2cc(OC)c(=O)[nH]c2=O)[C@@H](O)C1OC. The third kappa shape index (κ3) is 2.88. The van der Waals surface area contributed by atoms with Crippen molar-refractivity contribution in [2.75, 3.05) is 27.9 Å². The lowest BCUT2D eigenvalue weighted by Gasteiger charge is -2.27. The number of hydrogen-bond acceptors (Lipinski definition) is 8. The first kappa shape index (κ1) is 18.0. The number of methoxy groups -OCH3 is 3. The van der Waals surface area contributed by atoms with Gasteiger partial charge in [0.1, 0.15) is 12.2 Å². The van der Waals surface area contributed by atoms with E-state index in [0.29, 0.717) is 0 Å². The maximum atomic E-state index is 12.0. The molecular weight excluding hydrogens is 326 g/mol. The average Bonchev–Trinajstić information content (AvgIpc) is 2.80. The van der Waals surface area contributed by atoms with Gasteiger partial charge in [-0.05, 0) is 5.53 Å². The second kappa shape index (κ2) is 7.03. The van der Waals surface area contributed by atoms with Crippen LogP contribution in [0.2, 0.25) is 0 Å². The third-order valence-electron chi connectivity index (χ3n) is 3.62. The van der Waals surface area contributed by atoms with Crippen LogP contribution in [0.25, 0.3) is 10.4 Å². The molecule has 0 bridgehead atoms. The zero-order valence-corrected chi connectivity index (χ0v) is 13.2. The largest absolute Gasteiger partial charge is 0.490 e. The highest BCUT2D eigenvalue weighted by atomic mass is 16.6. The Morgan fingerprint density at radius 1 is 1.50 bits per heavy atom. The number of aliphatic hydroxyl groups is 1. The van der Waals surface area contributed by atoms with Crippen molar-refractivity contribution in [1.82, 2.24) is 9.55 Å². The van der Waals surface area contributed by atoms with Gasteiger partial charge in [-0.3, -0.25) is 14.3 Å². The summed E-state index contributed by atoms with van der Waals surface area (Å²) in [6, 6.07) is 0. The second-order valence-corrected chi connectivity index (χ2v) is 4.99. The van der Waals surface area contributed by atoms with Crippen molar-refractivity contribution in [3.8, 4) is 5.75 Å². The van der Waals surface area contributed by atoms with E-state index in [1.807, 2.05) is 4.98 Å². The van der Waals surface area contributed by atoms with E-state index in [4.69, 9.17) is 24.5 Å². The zero-order valence-electron chi connectivity index (χ0n) is 13.2. The molecule has 12 nitrogen and oxygen atoms in total. The van der Waals surface area contributed by atoms with Crippen LogP contribution in [0.5, 0.6) is 5.75 Å². The molecule has 0 saturated carbocycles. The van der Waals surface area contributed by atoms with Crippen LogP contribution in [0.15, 0.2) is 20.9 Å². The first-order valence-corrected chi connectivity index (χ1v) is 6.77. The normalized spacial score (nSPS) is 29.2. The van der Waals surface area contributed by atoms with Crippen LogP contribution in [-0.2, 0) is 14.2 Å². The molecular formula is C12H17N5O7. The summed E-state index contributed by atoms with van der Waals surface area (Å²) in [4.78, 5) is 28.4. The van der Waals surface area contributed by atoms with Gasteiger partial charge >= 0.3 is 5.69 Å². The van der Waals surface area contributed by atoms with Gasteiger partial charge < -0.3 is 24.1 Å². The van der Waals surface area contributed by atoms with E-state index in [2.05, 4.69) is 10.0 Å². The third-order valence-corrected chi connectivity index (χ3v) is 3.62. The predicted molar refractivity (Wildman–Crippen MR) is 78.6 cm³/mol. The summed E-state index contributed by atoms with van der Waals surface area (Å²) in [6.45, 7) is -0.224. The van der Waals surface area contributed by atoms with Gasteiger partial charge in [-0.2, -0.15) is 0 Å². The fraction of sp³-hybridized carbons (Fsp3) is 0.667. The molecule has 0 amide bonds. The Bertz CT molecular complexity index is 755. The standard InChI is InChI=1S/C12H17N5O7/c1-21-5-12(15-16-13)8(23-3)7(18)10(24-12)17-4-6(22-2)9(19)14-11(17)20/h4,7-8,10,18H,5H2,1-3H3,(H,14,19,20)/t7-,8?,10+,12+/m0/s1. The van der Waals surface area contributed by atoms with Gasteiger partial charge in [0.25, 0.3) is 5.56 Å². The number of nitrogens with zero attached hydrogens (tertiary/aromatic N) is 4. The van der Waals surface area contributed by atoms with E-state index in [-0.39, 0.29) is 12.4 Å². The maximum absolute atomic E-state index is 12.0. The van der Waals surface area contributed by atoms with Gasteiger partial charge in [0.05, 0.1) is 19.9 Å². The molecule has 1 saturated heterocycles. The molecule has 2 N–H and O–H groups in total. The fourth-order valence-electron chi connectivity index (χ4n) is 2.62. The smallest absolute Gasteiger partial charge is 0.330 e. The molecule has 1 aromatic rings. The van der Waals surface area contributed by atoms with E-state index >= 15 is 0 Å². The Morgan fingerprint density at radius 2 is 2.21 bits per heavy atom. The van der Waals surface area contributed by atoms with Crippen LogP contribution in [0.4, 0.5) is 0 Å².